The fourth-order valence-corrected chi connectivity index (χ4v) is 5.50. The van der Waals surface area contributed by atoms with Gasteiger partial charge in [0, 0.05) is 12.4 Å². The molecule has 5 nitrogen and oxygen atoms in total. The maximum absolute atomic E-state index is 12.7. The van der Waals surface area contributed by atoms with Crippen LogP contribution in [-0.4, -0.2) is 21.8 Å². The molecule has 0 radical (unpaired) electrons. The highest BCUT2D eigenvalue weighted by Crippen LogP contribution is 2.30. The van der Waals surface area contributed by atoms with Gasteiger partial charge in [-0.25, -0.2) is 16.8 Å². The number of rotatable bonds is 4. The summed E-state index contributed by atoms with van der Waals surface area (Å²) in [4.78, 5) is 2.17. The number of nitrogens with one attached hydrogen (secondary N) is 1. The molecule has 3 rings (SSSR count). The van der Waals surface area contributed by atoms with Crippen LogP contribution < -0.4 is 0 Å². The Balaban J connectivity index is 2.19. The van der Waals surface area contributed by atoms with Gasteiger partial charge in [0.05, 0.1) is 9.79 Å². The van der Waals surface area contributed by atoms with Crippen LogP contribution in [0.15, 0.2) is 92.6 Å². The van der Waals surface area contributed by atoms with Crippen LogP contribution in [-0.2, 0) is 19.7 Å². The summed E-state index contributed by atoms with van der Waals surface area (Å²) in [6.07, 6.45) is 2.39. The molecule has 0 spiro atoms. The van der Waals surface area contributed by atoms with E-state index in [9.17, 15) is 16.8 Å². The van der Waals surface area contributed by atoms with Crippen molar-refractivity contribution in [1.29, 1.82) is 0 Å². The molecule has 1 aromatic heterocycles. The van der Waals surface area contributed by atoms with E-state index in [2.05, 4.69) is 4.98 Å². The monoisotopic (exact) mass is 347 g/mol. The second kappa shape index (κ2) is 5.68. The second-order valence-corrected chi connectivity index (χ2v) is 8.65. The van der Waals surface area contributed by atoms with Gasteiger partial charge in [-0.2, -0.15) is 0 Å². The fourth-order valence-electron chi connectivity index (χ4n) is 2.21. The summed E-state index contributed by atoms with van der Waals surface area (Å²) >= 11 is 0. The van der Waals surface area contributed by atoms with Gasteiger partial charge in [0.15, 0.2) is 0 Å². The molecule has 0 aliphatic rings. The van der Waals surface area contributed by atoms with E-state index in [-0.39, 0.29) is 19.6 Å². The Morgan fingerprint density at radius 1 is 0.565 bits per heavy atom. The van der Waals surface area contributed by atoms with Crippen molar-refractivity contribution in [2.45, 2.75) is 19.6 Å². The van der Waals surface area contributed by atoms with E-state index in [4.69, 9.17) is 0 Å². The van der Waals surface area contributed by atoms with Crippen molar-refractivity contribution in [3.05, 3.63) is 73.1 Å². The van der Waals surface area contributed by atoms with Gasteiger partial charge < -0.3 is 4.98 Å². The predicted octanol–water partition coefficient (Wildman–Crippen LogP) is 2.68. The Hall–Kier alpha value is -2.38. The molecular formula is C16H13NO4S2. The zero-order valence-corrected chi connectivity index (χ0v) is 13.5. The van der Waals surface area contributed by atoms with Gasteiger partial charge in [0.1, 0.15) is 9.79 Å². The summed E-state index contributed by atoms with van der Waals surface area (Å²) in [5.74, 6) is 0. The quantitative estimate of drug-likeness (QED) is 0.786. The summed E-state index contributed by atoms with van der Waals surface area (Å²) < 4.78 is 50.8. The van der Waals surface area contributed by atoms with Gasteiger partial charge in [0.2, 0.25) is 19.7 Å². The van der Waals surface area contributed by atoms with Crippen LogP contribution in [0.3, 0.4) is 0 Å². The van der Waals surface area contributed by atoms with Crippen molar-refractivity contribution in [2.75, 3.05) is 0 Å². The SMILES string of the molecule is O=S(=O)(c1ccccc1)c1c[nH]cc1S(=O)(=O)c1ccccc1. The molecule has 0 aliphatic heterocycles. The summed E-state index contributed by atoms with van der Waals surface area (Å²) in [7, 11) is -7.86. The van der Waals surface area contributed by atoms with Crippen LogP contribution in [0, 0.1) is 0 Å². The molecule has 1 heterocycles. The zero-order valence-electron chi connectivity index (χ0n) is 11.9. The third-order valence-corrected chi connectivity index (χ3v) is 7.11. The summed E-state index contributed by atoms with van der Waals surface area (Å²) in [5.41, 5.74) is 0. The largest absolute Gasteiger partial charge is 0.365 e. The van der Waals surface area contributed by atoms with E-state index in [0.717, 1.165) is 0 Å². The normalized spacial score (nSPS) is 12.2. The topological polar surface area (TPSA) is 84.1 Å². The van der Waals surface area contributed by atoms with E-state index >= 15 is 0 Å². The van der Waals surface area contributed by atoms with Crippen molar-refractivity contribution >= 4 is 19.7 Å². The maximum atomic E-state index is 12.7. The molecule has 0 atom stereocenters. The molecule has 118 valence electrons. The first-order chi connectivity index (χ1) is 10.9. The molecule has 0 fully saturated rings. The molecule has 0 amide bonds. The average Bonchev–Trinajstić information content (AvgIpc) is 3.08. The molecule has 23 heavy (non-hydrogen) atoms. The third-order valence-electron chi connectivity index (χ3n) is 3.36. The molecule has 2 aromatic carbocycles. The molecule has 0 saturated heterocycles. The van der Waals surface area contributed by atoms with E-state index in [1.54, 1.807) is 36.4 Å². The molecule has 0 saturated carbocycles. The van der Waals surface area contributed by atoms with Crippen molar-refractivity contribution < 1.29 is 16.8 Å². The van der Waals surface area contributed by atoms with Gasteiger partial charge in [-0.15, -0.1) is 0 Å². The van der Waals surface area contributed by atoms with Crippen LogP contribution in [0.25, 0.3) is 0 Å². The van der Waals surface area contributed by atoms with E-state index in [1.165, 1.54) is 36.7 Å². The Morgan fingerprint density at radius 2 is 0.913 bits per heavy atom. The Morgan fingerprint density at radius 3 is 1.26 bits per heavy atom. The van der Waals surface area contributed by atoms with Crippen LogP contribution >= 0.6 is 0 Å². The fraction of sp³-hybridized carbons (Fsp3) is 0. The number of aromatic amines is 1. The molecular weight excluding hydrogens is 334 g/mol. The summed E-state index contributed by atoms with van der Waals surface area (Å²) in [5, 5.41) is 0. The second-order valence-electron chi connectivity index (χ2n) is 4.82. The number of sulfone groups is 2. The van der Waals surface area contributed by atoms with Gasteiger partial charge in [-0.1, -0.05) is 36.4 Å². The van der Waals surface area contributed by atoms with E-state index < -0.39 is 19.7 Å². The van der Waals surface area contributed by atoms with Gasteiger partial charge >= 0.3 is 0 Å². The lowest BCUT2D eigenvalue weighted by Crippen LogP contribution is -2.08. The highest BCUT2D eigenvalue weighted by atomic mass is 32.2. The van der Waals surface area contributed by atoms with Gasteiger partial charge in [0.25, 0.3) is 0 Å². The van der Waals surface area contributed by atoms with Crippen LogP contribution in [0.5, 0.6) is 0 Å². The number of hydrogen-bond donors (Lipinski definition) is 1. The number of hydrogen-bond acceptors (Lipinski definition) is 4. The summed E-state index contributed by atoms with van der Waals surface area (Å²) in [6, 6.07) is 15.5. The molecule has 1 N–H and O–H groups in total. The first-order valence-corrected chi connectivity index (χ1v) is 9.68. The molecule has 0 aliphatic carbocycles. The first kappa shape index (κ1) is 15.5. The van der Waals surface area contributed by atoms with Crippen molar-refractivity contribution in [3.8, 4) is 0 Å². The number of aromatic nitrogens is 1. The minimum Gasteiger partial charge on any atom is -0.365 e. The van der Waals surface area contributed by atoms with Crippen LogP contribution in [0.4, 0.5) is 0 Å². The van der Waals surface area contributed by atoms with Crippen molar-refractivity contribution in [2.24, 2.45) is 0 Å². The average molecular weight is 347 g/mol. The minimum absolute atomic E-state index is 0.0455. The Kier molecular flexibility index (Phi) is 3.83. The predicted molar refractivity (Wildman–Crippen MR) is 84.6 cm³/mol. The van der Waals surface area contributed by atoms with E-state index in [0.29, 0.717) is 0 Å². The van der Waals surface area contributed by atoms with E-state index in [1.807, 2.05) is 0 Å². The Bertz CT molecular complexity index is 938. The lowest BCUT2D eigenvalue weighted by molar-refractivity contribution is 0.584. The zero-order chi connectivity index (χ0) is 16.5. The molecule has 0 unspecified atom stereocenters. The van der Waals surface area contributed by atoms with Crippen molar-refractivity contribution in [3.63, 3.8) is 0 Å². The smallest absolute Gasteiger partial charge is 0.209 e. The van der Waals surface area contributed by atoms with Crippen LogP contribution in [0.2, 0.25) is 0 Å². The highest BCUT2D eigenvalue weighted by Gasteiger charge is 2.29. The lowest BCUT2D eigenvalue weighted by atomic mass is 10.4. The Labute approximate surface area is 134 Å². The lowest BCUT2D eigenvalue weighted by Gasteiger charge is -2.07. The third kappa shape index (κ3) is 2.69. The standard InChI is InChI=1S/C16H13NO4S2/c18-22(19,13-7-3-1-4-8-13)15-11-17-12-16(15)23(20,21)14-9-5-2-6-10-14/h1-12,17H. The van der Waals surface area contributed by atoms with Crippen molar-refractivity contribution in [1.82, 2.24) is 4.98 Å². The highest BCUT2D eigenvalue weighted by molar-refractivity contribution is 7.94. The molecule has 3 aromatic rings. The molecule has 0 bridgehead atoms. The van der Waals surface area contributed by atoms with Gasteiger partial charge in [-0.3, -0.25) is 0 Å². The minimum atomic E-state index is -3.93. The number of H-pyrrole nitrogens is 1. The van der Waals surface area contributed by atoms with Gasteiger partial charge in [-0.05, 0) is 24.3 Å². The summed E-state index contributed by atoms with van der Waals surface area (Å²) in [6.45, 7) is 0. The van der Waals surface area contributed by atoms with Crippen LogP contribution in [0.1, 0.15) is 0 Å². The first-order valence-electron chi connectivity index (χ1n) is 6.71. The maximum Gasteiger partial charge on any atom is 0.209 e. The molecule has 7 heteroatoms. The number of benzene rings is 2.